The first-order chi connectivity index (χ1) is 12.0. The molecule has 1 aromatic heterocycles. The number of aromatic amines is 1. The van der Waals surface area contributed by atoms with Gasteiger partial charge >= 0.3 is 5.97 Å². The van der Waals surface area contributed by atoms with E-state index in [1.165, 1.54) is 20.2 Å². The number of H-pyrrole nitrogens is 1. The van der Waals surface area contributed by atoms with Crippen molar-refractivity contribution in [2.45, 2.75) is 19.4 Å². The number of nitrogens with one attached hydrogen (secondary N) is 2. The largest absolute Gasteiger partial charge is 0.468 e. The van der Waals surface area contributed by atoms with Crippen LogP contribution in [0.15, 0.2) is 47.4 Å². The van der Waals surface area contributed by atoms with E-state index < -0.39 is 23.4 Å². The molecule has 1 heterocycles. The zero-order chi connectivity index (χ0) is 18.2. The van der Waals surface area contributed by atoms with Gasteiger partial charge in [-0.15, -0.1) is 0 Å². The minimum Gasteiger partial charge on any atom is -0.468 e. The van der Waals surface area contributed by atoms with Gasteiger partial charge in [-0.3, -0.25) is 14.4 Å². The summed E-state index contributed by atoms with van der Waals surface area (Å²) in [5, 5.41) is 2.46. The Hall–Kier alpha value is -2.93. The number of carbonyl (C=O) groups is 2. The van der Waals surface area contributed by atoms with Crippen molar-refractivity contribution in [2.75, 3.05) is 19.0 Å². The quantitative estimate of drug-likeness (QED) is 0.747. The second kappa shape index (κ2) is 8.79. The van der Waals surface area contributed by atoms with Crippen molar-refractivity contribution in [1.29, 1.82) is 0 Å². The highest BCUT2D eigenvalue weighted by molar-refractivity contribution is 5.91. The molecule has 0 saturated heterocycles. The van der Waals surface area contributed by atoms with Crippen LogP contribution in [-0.4, -0.2) is 30.6 Å². The Bertz CT molecular complexity index is 786. The van der Waals surface area contributed by atoms with Crippen LogP contribution in [-0.2, 0) is 25.7 Å². The average molecular weight is 344 g/mol. The third kappa shape index (κ3) is 5.02. The molecule has 0 aliphatic carbocycles. The van der Waals surface area contributed by atoms with Crippen LogP contribution in [0.5, 0.6) is 0 Å². The van der Waals surface area contributed by atoms with Gasteiger partial charge in [0.25, 0.3) is 5.56 Å². The highest BCUT2D eigenvalue weighted by Crippen LogP contribution is 2.23. The predicted octanol–water partition coefficient (Wildman–Crippen LogP) is 1.81. The summed E-state index contributed by atoms with van der Waals surface area (Å²) < 4.78 is 10.5. The molecule has 25 heavy (non-hydrogen) atoms. The average Bonchev–Trinajstić information content (AvgIpc) is 2.61. The molecular weight excluding hydrogens is 324 g/mol. The van der Waals surface area contributed by atoms with Gasteiger partial charge in [-0.25, -0.2) is 0 Å². The van der Waals surface area contributed by atoms with E-state index in [1.807, 2.05) is 30.3 Å². The van der Waals surface area contributed by atoms with Gasteiger partial charge in [0.2, 0.25) is 5.91 Å². The number of pyridine rings is 1. The SMILES string of the molecule is COC(=O)[C@@H](COCc1ccccc1)c1cc[nH]c(=O)c1NC(C)=O. The minimum absolute atomic E-state index is 0.0115. The molecule has 0 aliphatic heterocycles. The third-order valence-electron chi connectivity index (χ3n) is 3.55. The summed E-state index contributed by atoms with van der Waals surface area (Å²) in [5.74, 6) is -1.80. The fourth-order valence-corrected chi connectivity index (χ4v) is 2.38. The van der Waals surface area contributed by atoms with Crippen molar-refractivity contribution in [1.82, 2.24) is 4.98 Å². The van der Waals surface area contributed by atoms with E-state index in [9.17, 15) is 14.4 Å². The number of aromatic nitrogens is 1. The van der Waals surface area contributed by atoms with Crippen LogP contribution in [0.3, 0.4) is 0 Å². The van der Waals surface area contributed by atoms with Gasteiger partial charge in [-0.05, 0) is 17.2 Å². The first-order valence-corrected chi connectivity index (χ1v) is 7.71. The lowest BCUT2D eigenvalue weighted by molar-refractivity contribution is -0.144. The number of methoxy groups -OCH3 is 1. The number of esters is 1. The Morgan fingerprint density at radius 3 is 2.56 bits per heavy atom. The van der Waals surface area contributed by atoms with Crippen LogP contribution in [0.25, 0.3) is 0 Å². The van der Waals surface area contributed by atoms with Crippen molar-refractivity contribution in [3.63, 3.8) is 0 Å². The van der Waals surface area contributed by atoms with E-state index in [4.69, 9.17) is 9.47 Å². The number of rotatable bonds is 7. The van der Waals surface area contributed by atoms with Crippen molar-refractivity contribution in [3.05, 3.63) is 64.1 Å². The van der Waals surface area contributed by atoms with Gasteiger partial charge in [-0.1, -0.05) is 30.3 Å². The number of anilines is 1. The molecule has 0 saturated carbocycles. The lowest BCUT2D eigenvalue weighted by Crippen LogP contribution is -2.26. The van der Waals surface area contributed by atoms with E-state index in [0.717, 1.165) is 5.56 Å². The van der Waals surface area contributed by atoms with Gasteiger partial charge in [-0.2, -0.15) is 0 Å². The topological polar surface area (TPSA) is 97.5 Å². The van der Waals surface area contributed by atoms with E-state index in [2.05, 4.69) is 10.3 Å². The molecule has 7 nitrogen and oxygen atoms in total. The third-order valence-corrected chi connectivity index (χ3v) is 3.55. The molecule has 0 unspecified atom stereocenters. The van der Waals surface area contributed by atoms with Crippen LogP contribution in [0.2, 0.25) is 0 Å². The van der Waals surface area contributed by atoms with Crippen molar-refractivity contribution < 1.29 is 19.1 Å². The predicted molar refractivity (Wildman–Crippen MR) is 92.2 cm³/mol. The van der Waals surface area contributed by atoms with Gasteiger partial charge < -0.3 is 19.8 Å². The lowest BCUT2D eigenvalue weighted by Gasteiger charge is -2.18. The summed E-state index contributed by atoms with van der Waals surface area (Å²) in [4.78, 5) is 38.0. The molecule has 1 amide bonds. The van der Waals surface area contributed by atoms with Crippen LogP contribution >= 0.6 is 0 Å². The van der Waals surface area contributed by atoms with Crippen molar-refractivity contribution in [2.24, 2.45) is 0 Å². The first-order valence-electron chi connectivity index (χ1n) is 7.71. The molecule has 0 bridgehead atoms. The van der Waals surface area contributed by atoms with Crippen molar-refractivity contribution in [3.8, 4) is 0 Å². The second-order valence-electron chi connectivity index (χ2n) is 5.39. The number of ether oxygens (including phenoxy) is 2. The summed E-state index contributed by atoms with van der Waals surface area (Å²) in [7, 11) is 1.26. The fraction of sp³-hybridized carbons (Fsp3) is 0.278. The van der Waals surface area contributed by atoms with Crippen LogP contribution < -0.4 is 10.9 Å². The van der Waals surface area contributed by atoms with Crippen LogP contribution in [0, 0.1) is 0 Å². The van der Waals surface area contributed by atoms with E-state index in [0.29, 0.717) is 12.2 Å². The standard InChI is InChI=1S/C18H20N2O5/c1-12(21)20-16-14(8-9-19-17(16)22)15(18(23)24-2)11-25-10-13-6-4-3-5-7-13/h3-9,15H,10-11H2,1-2H3,(H,19,22)(H,20,21)/t15-/m0/s1. The number of amides is 1. The van der Waals surface area contributed by atoms with E-state index in [1.54, 1.807) is 6.07 Å². The molecule has 0 radical (unpaired) electrons. The molecule has 2 rings (SSSR count). The molecule has 7 heteroatoms. The molecule has 1 aromatic carbocycles. The Balaban J connectivity index is 2.23. The van der Waals surface area contributed by atoms with Crippen LogP contribution in [0.1, 0.15) is 24.0 Å². The number of carbonyl (C=O) groups excluding carboxylic acids is 2. The molecule has 0 spiro atoms. The summed E-state index contributed by atoms with van der Waals surface area (Å²) in [6, 6.07) is 11.0. The minimum atomic E-state index is -0.835. The van der Waals surface area contributed by atoms with E-state index in [-0.39, 0.29) is 12.3 Å². The summed E-state index contributed by atoms with van der Waals surface area (Å²) in [6.45, 7) is 1.61. The Kier molecular flexibility index (Phi) is 6.47. The number of benzene rings is 1. The smallest absolute Gasteiger partial charge is 0.315 e. The molecule has 1 atom stereocenters. The maximum Gasteiger partial charge on any atom is 0.315 e. The molecular formula is C18H20N2O5. The molecule has 0 aliphatic rings. The van der Waals surface area contributed by atoms with Gasteiger partial charge in [0.15, 0.2) is 0 Å². The molecule has 132 valence electrons. The maximum atomic E-state index is 12.2. The maximum absolute atomic E-state index is 12.2. The van der Waals surface area contributed by atoms with E-state index >= 15 is 0 Å². The molecule has 2 N–H and O–H groups in total. The van der Waals surface area contributed by atoms with Gasteiger partial charge in [0.05, 0.1) is 20.3 Å². The highest BCUT2D eigenvalue weighted by atomic mass is 16.5. The molecule has 0 fully saturated rings. The normalized spacial score (nSPS) is 11.6. The summed E-state index contributed by atoms with van der Waals surface area (Å²) in [6.07, 6.45) is 1.41. The lowest BCUT2D eigenvalue weighted by atomic mass is 9.99. The Morgan fingerprint density at radius 2 is 1.92 bits per heavy atom. The summed E-state index contributed by atoms with van der Waals surface area (Å²) >= 11 is 0. The Morgan fingerprint density at radius 1 is 1.20 bits per heavy atom. The Labute approximate surface area is 145 Å². The first kappa shape index (κ1) is 18.4. The van der Waals surface area contributed by atoms with Gasteiger partial charge in [0.1, 0.15) is 11.6 Å². The van der Waals surface area contributed by atoms with Crippen LogP contribution in [0.4, 0.5) is 5.69 Å². The zero-order valence-corrected chi connectivity index (χ0v) is 14.1. The summed E-state index contributed by atoms with van der Waals surface area (Å²) in [5.41, 5.74) is 0.830. The number of hydrogen-bond acceptors (Lipinski definition) is 5. The monoisotopic (exact) mass is 344 g/mol. The fourth-order valence-electron chi connectivity index (χ4n) is 2.38. The van der Waals surface area contributed by atoms with Crippen molar-refractivity contribution >= 4 is 17.6 Å². The molecule has 2 aromatic rings. The van der Waals surface area contributed by atoms with Gasteiger partial charge in [0, 0.05) is 13.1 Å². The number of hydrogen-bond donors (Lipinski definition) is 2. The highest BCUT2D eigenvalue weighted by Gasteiger charge is 2.26. The second-order valence-corrected chi connectivity index (χ2v) is 5.39. The zero-order valence-electron chi connectivity index (χ0n) is 14.1.